The summed E-state index contributed by atoms with van der Waals surface area (Å²) in [5, 5.41) is 0. The first-order valence-corrected chi connectivity index (χ1v) is 2.15. The summed E-state index contributed by atoms with van der Waals surface area (Å²) in [4.78, 5) is 0. The van der Waals surface area contributed by atoms with Gasteiger partial charge in [-0.05, 0) is 0 Å². The zero-order valence-corrected chi connectivity index (χ0v) is 7.57. The molecule has 1 heterocycles. The van der Waals surface area contributed by atoms with Crippen molar-refractivity contribution < 1.29 is 9.47 Å². The van der Waals surface area contributed by atoms with E-state index in [1.807, 2.05) is 0 Å². The summed E-state index contributed by atoms with van der Waals surface area (Å²) in [6.07, 6.45) is 0. The molecule has 2 nitrogen and oxygen atoms in total. The summed E-state index contributed by atoms with van der Waals surface area (Å²) in [6, 6.07) is 0. The molecule has 1 aliphatic heterocycles. The van der Waals surface area contributed by atoms with E-state index in [4.69, 9.17) is 9.47 Å². The van der Waals surface area contributed by atoms with E-state index in [9.17, 15) is 0 Å². The Morgan fingerprint density at radius 3 is 1.00 bits per heavy atom. The molecule has 0 N–H and O–H groups in total. The first-order valence-electron chi connectivity index (χ1n) is 2.15. The van der Waals surface area contributed by atoms with Gasteiger partial charge in [0.05, 0.1) is 26.4 Å². The minimum absolute atomic E-state index is 0. The van der Waals surface area contributed by atoms with Crippen LogP contribution in [-0.2, 0) is 9.47 Å². The summed E-state index contributed by atoms with van der Waals surface area (Å²) in [5.74, 6) is 0. The normalized spacial score (nSPS) is 18.0. The molecular formula is C4H8Br2O2. The fourth-order valence-corrected chi connectivity index (χ4v) is 0.440. The molecule has 50 valence electrons. The molecule has 1 fully saturated rings. The third-order valence-electron chi connectivity index (χ3n) is 0.744. The van der Waals surface area contributed by atoms with Crippen LogP contribution in [0, 0.1) is 0 Å². The maximum absolute atomic E-state index is 4.94. The lowest BCUT2D eigenvalue weighted by Crippen LogP contribution is -2.16. The van der Waals surface area contributed by atoms with Crippen LogP contribution in [0.3, 0.4) is 0 Å². The van der Waals surface area contributed by atoms with Crippen LogP contribution in [0.15, 0.2) is 0 Å². The molecule has 0 aromatic heterocycles. The summed E-state index contributed by atoms with van der Waals surface area (Å²) in [6.45, 7) is 3.11. The molecule has 0 atom stereocenters. The third-order valence-corrected chi connectivity index (χ3v) is 0.744. The molecule has 1 aliphatic rings. The Bertz CT molecular complexity index is 27.5. The number of hydrogen-bond acceptors (Lipinski definition) is 2. The zero-order valence-electron chi connectivity index (χ0n) is 4.40. The summed E-state index contributed by atoms with van der Waals surface area (Å²) < 4.78 is 9.89. The molecule has 8 heavy (non-hydrogen) atoms. The molecule has 0 amide bonds. The lowest BCUT2D eigenvalue weighted by atomic mass is 10.6. The van der Waals surface area contributed by atoms with Crippen molar-refractivity contribution in [2.45, 2.75) is 0 Å². The van der Waals surface area contributed by atoms with E-state index in [0.717, 1.165) is 26.4 Å². The average molecular weight is 248 g/mol. The molecule has 0 aromatic carbocycles. The first-order chi connectivity index (χ1) is 3.00. The highest BCUT2D eigenvalue weighted by Gasteiger charge is 1.94. The lowest BCUT2D eigenvalue weighted by molar-refractivity contribution is -0.0334. The van der Waals surface area contributed by atoms with Crippen LogP contribution >= 0.6 is 34.0 Å². The second-order valence-corrected chi connectivity index (χ2v) is 1.22. The Hall–Kier alpha value is 0.880. The molecule has 0 aliphatic carbocycles. The molecule has 0 aromatic rings. The van der Waals surface area contributed by atoms with E-state index in [0.29, 0.717) is 0 Å². The van der Waals surface area contributed by atoms with Crippen molar-refractivity contribution in [3.8, 4) is 0 Å². The van der Waals surface area contributed by atoms with Crippen LogP contribution in [0.5, 0.6) is 0 Å². The topological polar surface area (TPSA) is 18.5 Å². The van der Waals surface area contributed by atoms with E-state index in [2.05, 4.69) is 0 Å². The molecule has 0 unspecified atom stereocenters. The Balaban J connectivity index is 0. The van der Waals surface area contributed by atoms with Crippen molar-refractivity contribution in [2.24, 2.45) is 0 Å². The van der Waals surface area contributed by atoms with Crippen molar-refractivity contribution in [2.75, 3.05) is 26.4 Å². The van der Waals surface area contributed by atoms with Gasteiger partial charge in [0.1, 0.15) is 0 Å². The minimum Gasteiger partial charge on any atom is -0.377 e. The second-order valence-electron chi connectivity index (χ2n) is 1.22. The lowest BCUT2D eigenvalue weighted by Gasteiger charge is -2.09. The van der Waals surface area contributed by atoms with Crippen molar-refractivity contribution in [3.05, 3.63) is 0 Å². The highest BCUT2D eigenvalue weighted by Crippen LogP contribution is 1.85. The van der Waals surface area contributed by atoms with Crippen molar-refractivity contribution >= 4 is 34.0 Å². The predicted molar refractivity (Wildman–Crippen MR) is 39.5 cm³/mol. The fraction of sp³-hybridized carbons (Fsp3) is 1.00. The van der Waals surface area contributed by atoms with Gasteiger partial charge in [0.25, 0.3) is 0 Å². The zero-order chi connectivity index (χ0) is 4.24. The molecule has 0 saturated carbocycles. The van der Waals surface area contributed by atoms with Crippen molar-refractivity contribution in [1.82, 2.24) is 0 Å². The van der Waals surface area contributed by atoms with Gasteiger partial charge < -0.3 is 9.47 Å². The van der Waals surface area contributed by atoms with Crippen molar-refractivity contribution in [1.29, 1.82) is 0 Å². The largest absolute Gasteiger partial charge is 0.377 e. The summed E-state index contributed by atoms with van der Waals surface area (Å²) in [5.41, 5.74) is 0. The summed E-state index contributed by atoms with van der Waals surface area (Å²) >= 11 is 0. The van der Waals surface area contributed by atoms with Gasteiger partial charge in [-0.1, -0.05) is 0 Å². The van der Waals surface area contributed by atoms with Crippen LogP contribution in [0.1, 0.15) is 0 Å². The molecule has 0 bridgehead atoms. The van der Waals surface area contributed by atoms with E-state index in [-0.39, 0.29) is 34.0 Å². The van der Waals surface area contributed by atoms with Crippen LogP contribution in [0.2, 0.25) is 0 Å². The van der Waals surface area contributed by atoms with Gasteiger partial charge in [-0.2, -0.15) is 0 Å². The smallest absolute Gasteiger partial charge is 0.0701 e. The standard InChI is InChI=1S/C4H8O2.2Br/c1-2-6-4-3-5-1;;/h1-4H2;;. The van der Waals surface area contributed by atoms with Crippen LogP contribution in [0.25, 0.3) is 0 Å². The fourth-order valence-electron chi connectivity index (χ4n) is 0.440. The monoisotopic (exact) mass is 246 g/mol. The maximum Gasteiger partial charge on any atom is 0.0701 e. The molecule has 2 radical (unpaired) electrons. The molecule has 1 saturated heterocycles. The third kappa shape index (κ3) is 5.03. The van der Waals surface area contributed by atoms with Crippen molar-refractivity contribution in [3.63, 3.8) is 0 Å². The minimum atomic E-state index is 0. The number of ether oxygens (including phenoxy) is 2. The van der Waals surface area contributed by atoms with E-state index >= 15 is 0 Å². The maximum atomic E-state index is 4.94. The van der Waals surface area contributed by atoms with E-state index in [1.165, 1.54) is 0 Å². The summed E-state index contributed by atoms with van der Waals surface area (Å²) in [7, 11) is 0. The molecule has 4 heteroatoms. The predicted octanol–water partition coefficient (Wildman–Crippen LogP) is 1.72. The van der Waals surface area contributed by atoms with Gasteiger partial charge in [0, 0.05) is 34.0 Å². The van der Waals surface area contributed by atoms with Gasteiger partial charge >= 0.3 is 0 Å². The highest BCUT2D eigenvalue weighted by atomic mass is 79.9. The number of halogens is 2. The molecule has 1 rings (SSSR count). The number of hydrogen-bond donors (Lipinski definition) is 0. The van der Waals surface area contributed by atoms with Crippen LogP contribution < -0.4 is 0 Å². The number of rotatable bonds is 0. The van der Waals surface area contributed by atoms with Gasteiger partial charge in [0.15, 0.2) is 0 Å². The molecular weight excluding hydrogens is 240 g/mol. The Morgan fingerprint density at radius 1 is 0.625 bits per heavy atom. The molecule has 0 spiro atoms. The second kappa shape index (κ2) is 7.88. The van der Waals surface area contributed by atoms with Gasteiger partial charge in [-0.25, -0.2) is 0 Å². The highest BCUT2D eigenvalue weighted by molar-refractivity contribution is 8.93. The van der Waals surface area contributed by atoms with Crippen LogP contribution in [-0.4, -0.2) is 26.4 Å². The van der Waals surface area contributed by atoms with E-state index in [1.54, 1.807) is 0 Å². The first kappa shape index (κ1) is 11.6. The average Bonchev–Trinajstić information content (AvgIpc) is 1.72. The van der Waals surface area contributed by atoms with E-state index < -0.39 is 0 Å². The van der Waals surface area contributed by atoms with Crippen LogP contribution in [0.4, 0.5) is 0 Å². The SMILES string of the molecule is C1COCCO1.[Br].[Br]. The van der Waals surface area contributed by atoms with Gasteiger partial charge in [-0.3, -0.25) is 0 Å². The Kier molecular flexibility index (Phi) is 11.5. The Labute approximate surface area is 70.1 Å². The van der Waals surface area contributed by atoms with Gasteiger partial charge in [-0.15, -0.1) is 0 Å². The quantitative estimate of drug-likeness (QED) is 0.649. The Morgan fingerprint density at radius 2 is 0.875 bits per heavy atom. The van der Waals surface area contributed by atoms with Gasteiger partial charge in [0.2, 0.25) is 0 Å².